The van der Waals surface area contributed by atoms with Crippen molar-refractivity contribution < 1.29 is 48.9 Å². The van der Waals surface area contributed by atoms with E-state index in [1.807, 2.05) is 18.2 Å². The molecule has 0 spiro atoms. The first-order chi connectivity index (χ1) is 14.6. The number of ether oxygens (including phenoxy) is 4. The minimum absolute atomic E-state index is 0. The van der Waals surface area contributed by atoms with Gasteiger partial charge in [-0.15, -0.1) is 0 Å². The Labute approximate surface area is 203 Å². The summed E-state index contributed by atoms with van der Waals surface area (Å²) in [5.74, 6) is 1.73. The number of rotatable bonds is 10. The molecule has 180 valence electrons. The standard InChI is InChI=1S/C23H32N2O5.2ClH/c1-27-21-13-18(14-22(28-2)23(21)29-3)16-30-17-20(26)15-24-9-11-25(12-10-24)19-7-5-4-6-8-19;;/h4-8,13-14,20,26H,9-12,15-17H2,1-3H3;2*1H/p-2. The highest BCUT2D eigenvalue weighted by Gasteiger charge is 2.20. The van der Waals surface area contributed by atoms with Crippen LogP contribution in [0.3, 0.4) is 0 Å². The number of methoxy groups -OCH3 is 3. The van der Waals surface area contributed by atoms with Crippen molar-refractivity contribution in [3.05, 3.63) is 48.0 Å². The summed E-state index contributed by atoms with van der Waals surface area (Å²) in [6, 6.07) is 14.2. The molecule has 1 unspecified atom stereocenters. The summed E-state index contributed by atoms with van der Waals surface area (Å²) in [6.45, 7) is 5.02. The van der Waals surface area contributed by atoms with E-state index < -0.39 is 6.10 Å². The molecule has 1 N–H and O–H groups in total. The molecule has 2 aromatic carbocycles. The van der Waals surface area contributed by atoms with E-state index in [9.17, 15) is 5.11 Å². The summed E-state index contributed by atoms with van der Waals surface area (Å²) in [4.78, 5) is 4.66. The van der Waals surface area contributed by atoms with Crippen molar-refractivity contribution in [2.75, 3.05) is 65.6 Å². The first kappa shape index (κ1) is 28.1. The van der Waals surface area contributed by atoms with E-state index in [2.05, 4.69) is 34.1 Å². The van der Waals surface area contributed by atoms with Crippen molar-refractivity contribution in [2.24, 2.45) is 0 Å². The Balaban J connectivity index is 0.00000256. The zero-order valence-corrected chi connectivity index (χ0v) is 20.3. The van der Waals surface area contributed by atoms with Crippen LogP contribution < -0.4 is 43.9 Å². The van der Waals surface area contributed by atoms with Crippen molar-refractivity contribution in [3.63, 3.8) is 0 Å². The zero-order chi connectivity index (χ0) is 21.3. The third-order valence-electron chi connectivity index (χ3n) is 5.27. The zero-order valence-electron chi connectivity index (χ0n) is 18.8. The van der Waals surface area contributed by atoms with Gasteiger partial charge in [0.15, 0.2) is 11.5 Å². The van der Waals surface area contributed by atoms with Crippen LogP contribution in [0.5, 0.6) is 17.2 Å². The number of aliphatic hydroxyl groups excluding tert-OH is 1. The van der Waals surface area contributed by atoms with Crippen molar-refractivity contribution in [2.45, 2.75) is 12.7 Å². The molecule has 0 amide bonds. The van der Waals surface area contributed by atoms with Crippen LogP contribution in [0.25, 0.3) is 0 Å². The SMILES string of the molecule is COc1cc(COCC(O)CN2CCN(c3ccccc3)CC2)cc(OC)c1OC.[Cl-].[Cl-]. The molecule has 0 saturated carbocycles. The maximum absolute atomic E-state index is 10.4. The number of anilines is 1. The van der Waals surface area contributed by atoms with Gasteiger partial charge >= 0.3 is 0 Å². The lowest BCUT2D eigenvalue weighted by molar-refractivity contribution is -0.001000. The lowest BCUT2D eigenvalue weighted by Crippen LogP contribution is -3.00. The lowest BCUT2D eigenvalue weighted by Gasteiger charge is -2.36. The summed E-state index contributed by atoms with van der Waals surface area (Å²) in [5.41, 5.74) is 2.15. The third kappa shape index (κ3) is 7.60. The quantitative estimate of drug-likeness (QED) is 0.372. The Kier molecular flexibility index (Phi) is 12.6. The Hall–Kier alpha value is -1.90. The number of para-hydroxylation sites is 1. The van der Waals surface area contributed by atoms with Gasteiger partial charge < -0.3 is 53.8 Å². The van der Waals surface area contributed by atoms with Crippen LogP contribution >= 0.6 is 0 Å². The molecule has 0 bridgehead atoms. The molecule has 32 heavy (non-hydrogen) atoms. The fourth-order valence-electron chi connectivity index (χ4n) is 3.71. The van der Waals surface area contributed by atoms with Gasteiger partial charge in [-0.05, 0) is 29.8 Å². The molecule has 2 aromatic rings. The molecule has 0 radical (unpaired) electrons. The van der Waals surface area contributed by atoms with Gasteiger partial charge in [-0.3, -0.25) is 4.90 Å². The Bertz CT molecular complexity index is 764. The van der Waals surface area contributed by atoms with E-state index in [1.54, 1.807) is 21.3 Å². The Morgan fingerprint density at radius 2 is 1.47 bits per heavy atom. The Morgan fingerprint density at radius 3 is 2.00 bits per heavy atom. The maximum Gasteiger partial charge on any atom is 0.203 e. The van der Waals surface area contributed by atoms with E-state index in [1.165, 1.54) is 5.69 Å². The molecule has 1 fully saturated rings. The predicted molar refractivity (Wildman–Crippen MR) is 117 cm³/mol. The molecule has 9 heteroatoms. The topological polar surface area (TPSA) is 63.6 Å². The van der Waals surface area contributed by atoms with Gasteiger partial charge in [-0.1, -0.05) is 18.2 Å². The van der Waals surface area contributed by atoms with Gasteiger partial charge in [0.05, 0.1) is 40.6 Å². The van der Waals surface area contributed by atoms with Crippen LogP contribution in [-0.2, 0) is 11.3 Å². The highest BCUT2D eigenvalue weighted by atomic mass is 35.5. The second kappa shape index (κ2) is 14.3. The largest absolute Gasteiger partial charge is 1.00 e. The number of hydrogen-bond acceptors (Lipinski definition) is 7. The molecule has 1 saturated heterocycles. The van der Waals surface area contributed by atoms with Crippen LogP contribution in [-0.4, -0.2) is 76.8 Å². The molecule has 1 aliphatic rings. The summed E-state index contributed by atoms with van der Waals surface area (Å²) in [6.07, 6.45) is -0.532. The van der Waals surface area contributed by atoms with Gasteiger partial charge in [0, 0.05) is 38.4 Å². The summed E-state index contributed by atoms with van der Waals surface area (Å²) in [5, 5.41) is 10.4. The normalized spacial score (nSPS) is 14.7. The van der Waals surface area contributed by atoms with Crippen LogP contribution in [0.2, 0.25) is 0 Å². The number of aliphatic hydroxyl groups is 1. The van der Waals surface area contributed by atoms with E-state index in [0.717, 1.165) is 31.7 Å². The smallest absolute Gasteiger partial charge is 0.203 e. The van der Waals surface area contributed by atoms with Gasteiger partial charge in [-0.25, -0.2) is 0 Å². The highest BCUT2D eigenvalue weighted by Crippen LogP contribution is 2.38. The molecule has 1 heterocycles. The van der Waals surface area contributed by atoms with E-state index >= 15 is 0 Å². The van der Waals surface area contributed by atoms with Crippen LogP contribution in [0, 0.1) is 0 Å². The van der Waals surface area contributed by atoms with Crippen molar-refractivity contribution in [1.82, 2.24) is 4.90 Å². The van der Waals surface area contributed by atoms with E-state index in [0.29, 0.717) is 30.4 Å². The summed E-state index contributed by atoms with van der Waals surface area (Å²) >= 11 is 0. The fraction of sp³-hybridized carbons (Fsp3) is 0.478. The second-order valence-corrected chi connectivity index (χ2v) is 7.33. The fourth-order valence-corrected chi connectivity index (χ4v) is 3.71. The number of nitrogens with zero attached hydrogens (tertiary/aromatic N) is 2. The van der Waals surface area contributed by atoms with Crippen molar-refractivity contribution in [1.29, 1.82) is 0 Å². The van der Waals surface area contributed by atoms with Gasteiger partial charge in [0.25, 0.3) is 0 Å². The predicted octanol–water partition coefficient (Wildman–Crippen LogP) is -3.58. The number of benzene rings is 2. The number of halogens is 2. The maximum atomic E-state index is 10.4. The minimum Gasteiger partial charge on any atom is -1.00 e. The molecular weight excluding hydrogens is 455 g/mol. The molecule has 1 atom stereocenters. The van der Waals surface area contributed by atoms with Gasteiger partial charge in [-0.2, -0.15) is 0 Å². The monoisotopic (exact) mass is 486 g/mol. The molecule has 1 aliphatic heterocycles. The second-order valence-electron chi connectivity index (χ2n) is 7.33. The van der Waals surface area contributed by atoms with Crippen molar-refractivity contribution in [3.8, 4) is 17.2 Å². The molecule has 7 nitrogen and oxygen atoms in total. The first-order valence-electron chi connectivity index (χ1n) is 10.2. The molecule has 0 aliphatic carbocycles. The Morgan fingerprint density at radius 1 is 0.875 bits per heavy atom. The van der Waals surface area contributed by atoms with Crippen molar-refractivity contribution >= 4 is 5.69 Å². The molecular formula is C23H32Cl2N2O5-2. The average Bonchev–Trinajstić information content (AvgIpc) is 2.79. The highest BCUT2D eigenvalue weighted by molar-refractivity contribution is 5.53. The van der Waals surface area contributed by atoms with E-state index in [4.69, 9.17) is 18.9 Å². The number of hydrogen-bond donors (Lipinski definition) is 1. The van der Waals surface area contributed by atoms with Crippen LogP contribution in [0.1, 0.15) is 5.56 Å². The van der Waals surface area contributed by atoms with E-state index in [-0.39, 0.29) is 31.4 Å². The van der Waals surface area contributed by atoms with Crippen LogP contribution in [0.15, 0.2) is 42.5 Å². The first-order valence-corrected chi connectivity index (χ1v) is 10.2. The summed E-state index contributed by atoms with van der Waals surface area (Å²) in [7, 11) is 4.75. The minimum atomic E-state index is -0.532. The molecule has 3 rings (SSSR count). The lowest BCUT2D eigenvalue weighted by atomic mass is 10.2. The summed E-state index contributed by atoms with van der Waals surface area (Å²) < 4.78 is 21.8. The number of piperazine rings is 1. The molecule has 0 aromatic heterocycles. The van der Waals surface area contributed by atoms with Gasteiger partial charge in [0.1, 0.15) is 0 Å². The van der Waals surface area contributed by atoms with Gasteiger partial charge in [0.2, 0.25) is 5.75 Å². The third-order valence-corrected chi connectivity index (χ3v) is 5.27. The average molecular weight is 487 g/mol. The van der Waals surface area contributed by atoms with Crippen LogP contribution in [0.4, 0.5) is 5.69 Å². The number of β-amino-alcohol motifs (C(OH)–C–C–N with tert-alkyl or cyclic N) is 1.